The Bertz CT molecular complexity index is 584. The molecular formula is C14H11ClF2IN. The molecule has 0 aliphatic carbocycles. The van der Waals surface area contributed by atoms with Gasteiger partial charge in [-0.05, 0) is 59.5 Å². The highest BCUT2D eigenvalue weighted by molar-refractivity contribution is 14.1. The molecule has 5 heteroatoms. The average molecular weight is 394 g/mol. The molecule has 0 saturated carbocycles. The summed E-state index contributed by atoms with van der Waals surface area (Å²) in [4.78, 5) is 0. The maximum Gasteiger partial charge on any atom is 0.131 e. The molecule has 19 heavy (non-hydrogen) atoms. The van der Waals surface area contributed by atoms with Crippen molar-refractivity contribution in [2.45, 2.75) is 6.04 Å². The molecule has 0 aromatic heterocycles. The number of nitrogens with one attached hydrogen (secondary N) is 1. The van der Waals surface area contributed by atoms with E-state index >= 15 is 0 Å². The van der Waals surface area contributed by atoms with Crippen LogP contribution in [0.4, 0.5) is 8.78 Å². The largest absolute Gasteiger partial charge is 0.309 e. The van der Waals surface area contributed by atoms with E-state index in [-0.39, 0.29) is 5.56 Å². The Morgan fingerprint density at radius 1 is 1.16 bits per heavy atom. The summed E-state index contributed by atoms with van der Waals surface area (Å²) in [6.07, 6.45) is 0. The van der Waals surface area contributed by atoms with Gasteiger partial charge >= 0.3 is 0 Å². The van der Waals surface area contributed by atoms with Gasteiger partial charge in [0.05, 0.1) is 11.1 Å². The van der Waals surface area contributed by atoms with Gasteiger partial charge in [-0.3, -0.25) is 0 Å². The summed E-state index contributed by atoms with van der Waals surface area (Å²) in [6.45, 7) is 0. The summed E-state index contributed by atoms with van der Waals surface area (Å²) < 4.78 is 28.6. The lowest BCUT2D eigenvalue weighted by atomic mass is 9.98. The Morgan fingerprint density at radius 2 is 1.79 bits per heavy atom. The lowest BCUT2D eigenvalue weighted by molar-refractivity contribution is 0.522. The van der Waals surface area contributed by atoms with Crippen LogP contribution in [-0.4, -0.2) is 7.05 Å². The fourth-order valence-corrected chi connectivity index (χ4v) is 2.48. The molecule has 2 aromatic rings. The highest BCUT2D eigenvalue weighted by Gasteiger charge is 2.20. The fourth-order valence-electron chi connectivity index (χ4n) is 1.96. The molecule has 0 amide bonds. The third-order valence-electron chi connectivity index (χ3n) is 2.85. The monoisotopic (exact) mass is 393 g/mol. The van der Waals surface area contributed by atoms with Gasteiger partial charge in [0.25, 0.3) is 0 Å². The van der Waals surface area contributed by atoms with E-state index in [0.29, 0.717) is 5.02 Å². The van der Waals surface area contributed by atoms with Crippen LogP contribution >= 0.6 is 34.2 Å². The van der Waals surface area contributed by atoms with Crippen molar-refractivity contribution in [3.05, 3.63) is 67.8 Å². The minimum atomic E-state index is -0.575. The van der Waals surface area contributed by atoms with E-state index < -0.39 is 17.7 Å². The first-order chi connectivity index (χ1) is 9.04. The van der Waals surface area contributed by atoms with Crippen molar-refractivity contribution in [3.8, 4) is 0 Å². The van der Waals surface area contributed by atoms with Gasteiger partial charge in [0, 0.05) is 9.13 Å². The molecule has 0 heterocycles. The zero-order valence-corrected chi connectivity index (χ0v) is 13.0. The van der Waals surface area contributed by atoms with Crippen LogP contribution in [0, 0.1) is 15.2 Å². The summed E-state index contributed by atoms with van der Waals surface area (Å²) in [5.41, 5.74) is 0.721. The van der Waals surface area contributed by atoms with Crippen LogP contribution in [0.25, 0.3) is 0 Å². The van der Waals surface area contributed by atoms with E-state index in [1.54, 1.807) is 19.2 Å². The molecule has 1 unspecified atom stereocenters. The Balaban J connectivity index is 2.53. The second kappa shape index (κ2) is 6.15. The maximum atomic E-state index is 13.8. The third-order valence-corrected chi connectivity index (χ3v) is 4.43. The molecule has 0 fully saturated rings. The van der Waals surface area contributed by atoms with Gasteiger partial charge in [-0.15, -0.1) is 0 Å². The van der Waals surface area contributed by atoms with Gasteiger partial charge in [0.1, 0.15) is 11.6 Å². The third kappa shape index (κ3) is 3.07. The normalized spacial score (nSPS) is 12.5. The van der Waals surface area contributed by atoms with Crippen LogP contribution in [0.1, 0.15) is 17.2 Å². The van der Waals surface area contributed by atoms with Crippen molar-refractivity contribution in [1.29, 1.82) is 0 Å². The SMILES string of the molecule is CNC(c1ccc(I)c(Cl)c1)c1c(F)cccc1F. The molecule has 0 bridgehead atoms. The number of halogens is 4. The minimum absolute atomic E-state index is 0.00211. The second-order valence-electron chi connectivity index (χ2n) is 4.03. The Hall–Kier alpha value is -0.720. The van der Waals surface area contributed by atoms with E-state index in [4.69, 9.17) is 11.6 Å². The summed E-state index contributed by atoms with van der Waals surface area (Å²) in [6, 6.07) is 8.62. The molecule has 1 nitrogen and oxygen atoms in total. The first-order valence-corrected chi connectivity index (χ1v) is 7.06. The van der Waals surface area contributed by atoms with Crippen LogP contribution in [0.5, 0.6) is 0 Å². The number of benzene rings is 2. The van der Waals surface area contributed by atoms with Crippen LogP contribution in [0.15, 0.2) is 36.4 Å². The van der Waals surface area contributed by atoms with E-state index in [1.807, 2.05) is 6.07 Å². The smallest absolute Gasteiger partial charge is 0.131 e. The molecule has 1 atom stereocenters. The van der Waals surface area contributed by atoms with Gasteiger partial charge < -0.3 is 5.32 Å². The minimum Gasteiger partial charge on any atom is -0.309 e. The summed E-state index contributed by atoms with van der Waals surface area (Å²) >= 11 is 8.16. The lowest BCUT2D eigenvalue weighted by Gasteiger charge is -2.19. The van der Waals surface area contributed by atoms with E-state index in [9.17, 15) is 8.78 Å². The second-order valence-corrected chi connectivity index (χ2v) is 5.60. The van der Waals surface area contributed by atoms with Crippen molar-refractivity contribution in [1.82, 2.24) is 5.32 Å². The standard InChI is InChI=1S/C14H11ClF2IN/c1-19-14(8-5-6-12(18)9(15)7-8)13-10(16)3-2-4-11(13)17/h2-7,14,19H,1H3. The van der Waals surface area contributed by atoms with Crippen LogP contribution in [-0.2, 0) is 0 Å². The van der Waals surface area contributed by atoms with E-state index in [0.717, 1.165) is 9.13 Å². The van der Waals surface area contributed by atoms with Crippen LogP contribution < -0.4 is 5.32 Å². The maximum absolute atomic E-state index is 13.8. The van der Waals surface area contributed by atoms with Crippen LogP contribution in [0.2, 0.25) is 5.02 Å². The first kappa shape index (κ1) is 14.7. The molecule has 0 saturated heterocycles. The molecule has 2 aromatic carbocycles. The molecule has 0 radical (unpaired) electrons. The number of hydrogen-bond acceptors (Lipinski definition) is 1. The highest BCUT2D eigenvalue weighted by atomic mass is 127. The quantitative estimate of drug-likeness (QED) is 0.756. The molecule has 100 valence electrons. The lowest BCUT2D eigenvalue weighted by Crippen LogP contribution is -2.20. The van der Waals surface area contributed by atoms with Crippen molar-refractivity contribution < 1.29 is 8.78 Å². The summed E-state index contributed by atoms with van der Waals surface area (Å²) in [5, 5.41) is 3.49. The Labute approximate surface area is 129 Å². The van der Waals surface area contributed by atoms with Crippen molar-refractivity contribution >= 4 is 34.2 Å². The number of hydrogen-bond donors (Lipinski definition) is 1. The van der Waals surface area contributed by atoms with E-state index in [2.05, 4.69) is 27.9 Å². The highest BCUT2D eigenvalue weighted by Crippen LogP contribution is 2.29. The van der Waals surface area contributed by atoms with Crippen molar-refractivity contribution in [2.24, 2.45) is 0 Å². The predicted octanol–water partition coefficient (Wildman–Crippen LogP) is 4.53. The molecule has 0 aliphatic heterocycles. The molecule has 0 aliphatic rings. The predicted molar refractivity (Wildman–Crippen MR) is 81.4 cm³/mol. The first-order valence-electron chi connectivity index (χ1n) is 5.60. The molecule has 1 N–H and O–H groups in total. The fraction of sp³-hybridized carbons (Fsp3) is 0.143. The molecule has 0 spiro atoms. The summed E-state index contributed by atoms with van der Waals surface area (Å²) in [7, 11) is 1.66. The van der Waals surface area contributed by atoms with Gasteiger partial charge in [0.15, 0.2) is 0 Å². The van der Waals surface area contributed by atoms with Gasteiger partial charge in [-0.25, -0.2) is 8.78 Å². The Kier molecular flexibility index (Phi) is 4.76. The zero-order chi connectivity index (χ0) is 14.0. The zero-order valence-electron chi connectivity index (χ0n) is 10.1. The number of rotatable bonds is 3. The Morgan fingerprint density at radius 3 is 2.32 bits per heavy atom. The van der Waals surface area contributed by atoms with Gasteiger partial charge in [0.2, 0.25) is 0 Å². The van der Waals surface area contributed by atoms with Crippen LogP contribution in [0.3, 0.4) is 0 Å². The average Bonchev–Trinajstić information content (AvgIpc) is 2.37. The van der Waals surface area contributed by atoms with Gasteiger partial charge in [-0.2, -0.15) is 0 Å². The topological polar surface area (TPSA) is 12.0 Å². The molecule has 2 rings (SSSR count). The molecular weight excluding hydrogens is 383 g/mol. The van der Waals surface area contributed by atoms with Gasteiger partial charge in [-0.1, -0.05) is 23.7 Å². The van der Waals surface area contributed by atoms with E-state index in [1.165, 1.54) is 18.2 Å². The summed E-state index contributed by atoms with van der Waals surface area (Å²) in [5.74, 6) is -1.15. The van der Waals surface area contributed by atoms with Crippen molar-refractivity contribution in [3.63, 3.8) is 0 Å². The van der Waals surface area contributed by atoms with Crippen molar-refractivity contribution in [2.75, 3.05) is 7.05 Å².